The van der Waals surface area contributed by atoms with Gasteiger partial charge < -0.3 is 4.74 Å². The highest BCUT2D eigenvalue weighted by molar-refractivity contribution is 5.78. The molecule has 0 heterocycles. The molecule has 0 aromatic rings. The van der Waals surface area contributed by atoms with Gasteiger partial charge in [0, 0.05) is 0 Å². The van der Waals surface area contributed by atoms with E-state index in [4.69, 9.17) is 4.74 Å². The fourth-order valence-electron chi connectivity index (χ4n) is 1.82. The largest absolute Gasteiger partial charge is 0.468 e. The van der Waals surface area contributed by atoms with E-state index in [1.807, 2.05) is 13.0 Å². The van der Waals surface area contributed by atoms with Gasteiger partial charge >= 0.3 is 5.97 Å². The van der Waals surface area contributed by atoms with Crippen LogP contribution in [-0.4, -0.2) is 13.1 Å². The third-order valence-electron chi connectivity index (χ3n) is 2.48. The summed E-state index contributed by atoms with van der Waals surface area (Å²) >= 11 is 0. The van der Waals surface area contributed by atoms with Crippen molar-refractivity contribution in [1.29, 1.82) is 0 Å². The smallest absolute Gasteiger partial charge is 0.315 e. The van der Waals surface area contributed by atoms with Gasteiger partial charge in [-0.1, -0.05) is 11.6 Å². The second-order valence-electron chi connectivity index (χ2n) is 3.75. The average molecular weight is 168 g/mol. The van der Waals surface area contributed by atoms with Gasteiger partial charge in [-0.2, -0.15) is 0 Å². The van der Waals surface area contributed by atoms with E-state index < -0.39 is 0 Å². The quantitative estimate of drug-likeness (QED) is 0.443. The SMILES string of the molecule is COC(=O)C1(C)C=C(C)CCC1. The van der Waals surface area contributed by atoms with Crippen molar-refractivity contribution in [3.8, 4) is 0 Å². The summed E-state index contributed by atoms with van der Waals surface area (Å²) < 4.78 is 4.76. The molecule has 12 heavy (non-hydrogen) atoms. The Kier molecular flexibility index (Phi) is 2.55. The summed E-state index contributed by atoms with van der Waals surface area (Å²) in [5.41, 5.74) is 0.936. The number of allylic oxidation sites excluding steroid dienone is 1. The molecule has 0 fully saturated rings. The van der Waals surface area contributed by atoms with Crippen molar-refractivity contribution in [3.63, 3.8) is 0 Å². The van der Waals surface area contributed by atoms with Gasteiger partial charge in [-0.3, -0.25) is 4.79 Å². The molecule has 0 radical (unpaired) electrons. The van der Waals surface area contributed by atoms with Gasteiger partial charge in [0.25, 0.3) is 0 Å². The highest BCUT2D eigenvalue weighted by Crippen LogP contribution is 2.34. The molecule has 2 nitrogen and oxygen atoms in total. The van der Waals surface area contributed by atoms with E-state index in [1.165, 1.54) is 12.7 Å². The standard InChI is InChI=1S/C10H16O2/c1-8-5-4-6-10(2,7-8)9(11)12-3/h7H,4-6H2,1-3H3. The van der Waals surface area contributed by atoms with Gasteiger partial charge in [-0.15, -0.1) is 0 Å². The van der Waals surface area contributed by atoms with Crippen molar-refractivity contribution in [1.82, 2.24) is 0 Å². The number of hydrogen-bond donors (Lipinski definition) is 0. The van der Waals surface area contributed by atoms with E-state index in [1.54, 1.807) is 0 Å². The number of hydrogen-bond acceptors (Lipinski definition) is 2. The molecule has 0 aromatic carbocycles. The minimum Gasteiger partial charge on any atom is -0.468 e. The van der Waals surface area contributed by atoms with Crippen molar-refractivity contribution >= 4 is 5.97 Å². The first kappa shape index (κ1) is 9.30. The Morgan fingerprint density at radius 3 is 2.83 bits per heavy atom. The van der Waals surface area contributed by atoms with Crippen LogP contribution in [0.3, 0.4) is 0 Å². The van der Waals surface area contributed by atoms with Crippen LogP contribution < -0.4 is 0 Å². The van der Waals surface area contributed by atoms with Crippen molar-refractivity contribution in [3.05, 3.63) is 11.6 Å². The first-order valence-electron chi connectivity index (χ1n) is 4.35. The molecule has 0 aliphatic heterocycles. The van der Waals surface area contributed by atoms with Crippen LogP contribution in [0.15, 0.2) is 11.6 Å². The third kappa shape index (κ3) is 1.68. The lowest BCUT2D eigenvalue weighted by molar-refractivity contribution is -0.149. The Balaban J connectivity index is 2.83. The van der Waals surface area contributed by atoms with Gasteiger partial charge in [0.2, 0.25) is 0 Å². The van der Waals surface area contributed by atoms with Crippen molar-refractivity contribution in [2.75, 3.05) is 7.11 Å². The number of carbonyl (C=O) groups excluding carboxylic acids is 1. The highest BCUT2D eigenvalue weighted by Gasteiger charge is 2.33. The molecule has 1 rings (SSSR count). The van der Waals surface area contributed by atoms with Gasteiger partial charge in [-0.25, -0.2) is 0 Å². The number of ether oxygens (including phenoxy) is 1. The summed E-state index contributed by atoms with van der Waals surface area (Å²) in [7, 11) is 1.45. The zero-order valence-corrected chi connectivity index (χ0v) is 8.02. The van der Waals surface area contributed by atoms with Crippen LogP contribution in [0.5, 0.6) is 0 Å². The molecular formula is C10H16O2. The number of methoxy groups -OCH3 is 1. The van der Waals surface area contributed by atoms with Crippen molar-refractivity contribution in [2.24, 2.45) is 5.41 Å². The molecule has 0 amide bonds. The van der Waals surface area contributed by atoms with Crippen LogP contribution >= 0.6 is 0 Å². The Bertz CT molecular complexity index is 218. The van der Waals surface area contributed by atoms with E-state index in [0.29, 0.717) is 0 Å². The molecular weight excluding hydrogens is 152 g/mol. The topological polar surface area (TPSA) is 26.3 Å². The van der Waals surface area contributed by atoms with Crippen LogP contribution in [0.1, 0.15) is 33.1 Å². The van der Waals surface area contributed by atoms with E-state index >= 15 is 0 Å². The molecule has 1 atom stereocenters. The van der Waals surface area contributed by atoms with E-state index in [9.17, 15) is 4.79 Å². The summed E-state index contributed by atoms with van der Waals surface area (Å²) in [6, 6.07) is 0. The van der Waals surface area contributed by atoms with E-state index in [0.717, 1.165) is 19.3 Å². The summed E-state index contributed by atoms with van der Waals surface area (Å²) in [5.74, 6) is -0.110. The fraction of sp³-hybridized carbons (Fsp3) is 0.700. The van der Waals surface area contributed by atoms with E-state index in [2.05, 4.69) is 6.92 Å². The minimum absolute atomic E-state index is 0.110. The van der Waals surface area contributed by atoms with Crippen LogP contribution in [0.2, 0.25) is 0 Å². The van der Waals surface area contributed by atoms with Crippen molar-refractivity contribution < 1.29 is 9.53 Å². The molecule has 2 heteroatoms. The Morgan fingerprint density at radius 2 is 2.33 bits per heavy atom. The minimum atomic E-state index is -0.364. The first-order valence-corrected chi connectivity index (χ1v) is 4.35. The summed E-state index contributed by atoms with van der Waals surface area (Å²) in [5, 5.41) is 0. The zero-order chi connectivity index (χ0) is 9.19. The van der Waals surface area contributed by atoms with Gasteiger partial charge in [0.05, 0.1) is 12.5 Å². The summed E-state index contributed by atoms with van der Waals surface area (Å²) in [6.07, 6.45) is 5.17. The predicted octanol–water partition coefficient (Wildman–Crippen LogP) is 2.30. The molecule has 68 valence electrons. The maximum Gasteiger partial charge on any atom is 0.315 e. The zero-order valence-electron chi connectivity index (χ0n) is 8.02. The van der Waals surface area contributed by atoms with E-state index in [-0.39, 0.29) is 11.4 Å². The number of rotatable bonds is 1. The Labute approximate surface area is 73.6 Å². The van der Waals surface area contributed by atoms with Gasteiger partial charge in [-0.05, 0) is 33.1 Å². The summed E-state index contributed by atoms with van der Waals surface area (Å²) in [6.45, 7) is 4.02. The van der Waals surface area contributed by atoms with Crippen LogP contribution in [-0.2, 0) is 9.53 Å². The number of carbonyl (C=O) groups is 1. The maximum absolute atomic E-state index is 11.4. The summed E-state index contributed by atoms with van der Waals surface area (Å²) in [4.78, 5) is 11.4. The lowest BCUT2D eigenvalue weighted by atomic mass is 9.78. The Morgan fingerprint density at radius 1 is 1.67 bits per heavy atom. The maximum atomic E-state index is 11.4. The second kappa shape index (κ2) is 3.30. The van der Waals surface area contributed by atoms with Gasteiger partial charge in [0.15, 0.2) is 0 Å². The lowest BCUT2D eigenvalue weighted by Crippen LogP contribution is -2.29. The lowest BCUT2D eigenvalue weighted by Gasteiger charge is -2.27. The molecule has 0 spiro atoms. The molecule has 0 aromatic heterocycles. The molecule has 0 saturated carbocycles. The third-order valence-corrected chi connectivity index (χ3v) is 2.48. The van der Waals surface area contributed by atoms with Crippen LogP contribution in [0.4, 0.5) is 0 Å². The molecule has 0 saturated heterocycles. The second-order valence-corrected chi connectivity index (χ2v) is 3.75. The predicted molar refractivity (Wildman–Crippen MR) is 47.7 cm³/mol. The van der Waals surface area contributed by atoms with Crippen LogP contribution in [0.25, 0.3) is 0 Å². The average Bonchev–Trinajstić information content (AvgIpc) is 2.02. The molecule has 0 N–H and O–H groups in total. The van der Waals surface area contributed by atoms with Crippen molar-refractivity contribution in [2.45, 2.75) is 33.1 Å². The molecule has 1 aliphatic carbocycles. The molecule has 0 bridgehead atoms. The fourth-order valence-corrected chi connectivity index (χ4v) is 1.82. The monoisotopic (exact) mass is 168 g/mol. The first-order chi connectivity index (χ1) is 5.58. The number of esters is 1. The molecule has 1 unspecified atom stereocenters. The van der Waals surface area contributed by atoms with Gasteiger partial charge in [0.1, 0.15) is 0 Å². The molecule has 1 aliphatic rings. The Hall–Kier alpha value is -0.790. The van der Waals surface area contributed by atoms with Crippen LogP contribution in [0, 0.1) is 5.41 Å². The highest BCUT2D eigenvalue weighted by atomic mass is 16.5. The normalized spacial score (nSPS) is 29.4.